The van der Waals surface area contributed by atoms with Crippen LogP contribution in [0.5, 0.6) is 0 Å². The van der Waals surface area contributed by atoms with Crippen LogP contribution >= 0.6 is 34.5 Å². The minimum absolute atomic E-state index is 0.0825. The number of thiophene rings is 1. The molecule has 0 aliphatic heterocycles. The van der Waals surface area contributed by atoms with E-state index in [1.165, 1.54) is 40.0 Å². The zero-order valence-electron chi connectivity index (χ0n) is 11.7. The molecule has 0 atom stereocenters. The van der Waals surface area contributed by atoms with Crippen LogP contribution in [-0.2, 0) is 22.9 Å². The maximum Gasteiger partial charge on any atom is 0.276 e. The largest absolute Gasteiger partial charge is 0.276 e. The summed E-state index contributed by atoms with van der Waals surface area (Å²) in [5, 5.41) is 0.373. The van der Waals surface area contributed by atoms with Crippen LogP contribution < -0.4 is 10.3 Å². The zero-order valence-corrected chi connectivity index (χ0v) is 14.9. The van der Waals surface area contributed by atoms with E-state index in [0.29, 0.717) is 4.88 Å². The fourth-order valence-electron chi connectivity index (χ4n) is 2.32. The van der Waals surface area contributed by atoms with Crippen LogP contribution in [0.1, 0.15) is 26.5 Å². The fraction of sp³-hybridized carbons (Fsp3) is 0.214. The molecule has 3 rings (SSSR count). The second kappa shape index (κ2) is 6.41. The number of hydrogen-bond acceptors (Lipinski definition) is 4. The summed E-state index contributed by atoms with van der Waals surface area (Å²) >= 11 is 13.0. The zero-order chi connectivity index (χ0) is 16.6. The van der Waals surface area contributed by atoms with Gasteiger partial charge in [0.2, 0.25) is 0 Å². The Morgan fingerprint density at radius 2 is 1.91 bits per heavy atom. The van der Waals surface area contributed by atoms with Gasteiger partial charge in [0.15, 0.2) is 0 Å². The Morgan fingerprint density at radius 3 is 2.61 bits per heavy atom. The highest BCUT2D eigenvalue weighted by atomic mass is 35.5. The molecule has 2 aromatic rings. The van der Waals surface area contributed by atoms with E-state index < -0.39 is 15.9 Å². The lowest BCUT2D eigenvalue weighted by Crippen LogP contribution is -2.41. The number of hydrogen-bond donors (Lipinski definition) is 2. The van der Waals surface area contributed by atoms with Crippen molar-refractivity contribution in [3.05, 3.63) is 49.6 Å². The molecule has 1 amide bonds. The molecule has 0 saturated heterocycles. The summed E-state index contributed by atoms with van der Waals surface area (Å²) in [4.78, 5) is 15.7. The Hall–Kier alpha value is -1.12. The standard InChI is InChI=1S/C14H12Cl2N2O3S2/c15-10-5-4-9(7-11(10)16)23(20,21)18-17-14(19)13-6-8-2-1-3-12(8)22-13/h4-7,18H,1-3H2,(H,17,19). The van der Waals surface area contributed by atoms with Gasteiger partial charge in [0, 0.05) is 4.88 Å². The minimum atomic E-state index is -3.92. The van der Waals surface area contributed by atoms with E-state index in [-0.39, 0.29) is 14.9 Å². The van der Waals surface area contributed by atoms with Gasteiger partial charge in [-0.1, -0.05) is 23.2 Å². The molecule has 1 aromatic carbocycles. The molecule has 0 bridgehead atoms. The number of fused-ring (bicyclic) bond motifs is 1. The first-order valence-corrected chi connectivity index (χ1v) is 9.81. The summed E-state index contributed by atoms with van der Waals surface area (Å²) in [5.41, 5.74) is 3.39. The van der Waals surface area contributed by atoms with Gasteiger partial charge in [-0.15, -0.1) is 16.2 Å². The molecule has 0 fully saturated rings. The van der Waals surface area contributed by atoms with E-state index in [1.54, 1.807) is 0 Å². The van der Waals surface area contributed by atoms with Crippen LogP contribution in [0.3, 0.4) is 0 Å². The Bertz CT molecular complexity index is 857. The highest BCUT2D eigenvalue weighted by Gasteiger charge is 2.21. The maximum atomic E-state index is 12.1. The van der Waals surface area contributed by atoms with E-state index in [1.807, 2.05) is 6.07 Å². The molecule has 0 unspecified atom stereocenters. The number of halogens is 2. The average Bonchev–Trinajstić information content (AvgIpc) is 3.09. The summed E-state index contributed by atoms with van der Waals surface area (Å²) in [6, 6.07) is 5.72. The van der Waals surface area contributed by atoms with Gasteiger partial charge in [-0.25, -0.2) is 8.42 Å². The lowest BCUT2D eigenvalue weighted by Gasteiger charge is -2.08. The number of aryl methyl sites for hydroxylation is 2. The third-order valence-corrected chi connectivity index (χ3v) is 6.69. The molecular formula is C14H12Cl2N2O3S2. The van der Waals surface area contributed by atoms with Gasteiger partial charge in [0.05, 0.1) is 19.8 Å². The van der Waals surface area contributed by atoms with Gasteiger partial charge in [0.25, 0.3) is 15.9 Å². The second-order valence-corrected chi connectivity index (χ2v) is 8.68. The predicted octanol–water partition coefficient (Wildman–Crippen LogP) is 3.17. The summed E-state index contributed by atoms with van der Waals surface area (Å²) < 4.78 is 24.3. The molecule has 1 aliphatic carbocycles. The molecule has 2 N–H and O–H groups in total. The normalized spacial score (nSPS) is 13.8. The summed E-state index contributed by atoms with van der Waals surface area (Å²) in [6.45, 7) is 0. The number of rotatable bonds is 4. The van der Waals surface area contributed by atoms with Gasteiger partial charge in [-0.3, -0.25) is 10.2 Å². The van der Waals surface area contributed by atoms with Crippen LogP contribution in [0, 0.1) is 0 Å². The van der Waals surface area contributed by atoms with Crippen molar-refractivity contribution in [1.29, 1.82) is 0 Å². The van der Waals surface area contributed by atoms with E-state index in [4.69, 9.17) is 23.2 Å². The molecular weight excluding hydrogens is 379 g/mol. The molecule has 1 aliphatic rings. The fourth-order valence-corrected chi connectivity index (χ4v) is 4.70. The van der Waals surface area contributed by atoms with E-state index in [2.05, 4.69) is 10.3 Å². The summed E-state index contributed by atoms with van der Waals surface area (Å²) in [5.74, 6) is -0.479. The third kappa shape index (κ3) is 3.54. The van der Waals surface area contributed by atoms with Crippen molar-refractivity contribution in [2.75, 3.05) is 0 Å². The van der Waals surface area contributed by atoms with Crippen molar-refractivity contribution in [1.82, 2.24) is 10.3 Å². The van der Waals surface area contributed by atoms with Crippen molar-refractivity contribution >= 4 is 50.5 Å². The first-order valence-electron chi connectivity index (χ1n) is 6.75. The van der Waals surface area contributed by atoms with E-state index >= 15 is 0 Å². The van der Waals surface area contributed by atoms with Gasteiger partial charge >= 0.3 is 0 Å². The Balaban J connectivity index is 1.70. The average molecular weight is 391 g/mol. The Labute approximate surface area is 147 Å². The van der Waals surface area contributed by atoms with Gasteiger partial charge < -0.3 is 0 Å². The van der Waals surface area contributed by atoms with Crippen molar-refractivity contribution in [3.63, 3.8) is 0 Å². The van der Waals surface area contributed by atoms with Crippen molar-refractivity contribution < 1.29 is 13.2 Å². The molecule has 1 aromatic heterocycles. The van der Waals surface area contributed by atoms with Crippen LogP contribution in [0.4, 0.5) is 0 Å². The molecule has 1 heterocycles. The number of benzene rings is 1. The smallest absolute Gasteiger partial charge is 0.273 e. The van der Waals surface area contributed by atoms with Crippen molar-refractivity contribution in [2.24, 2.45) is 0 Å². The first kappa shape index (κ1) is 16.7. The summed E-state index contributed by atoms with van der Waals surface area (Å²) in [6.07, 6.45) is 3.05. The number of amides is 1. The van der Waals surface area contributed by atoms with Crippen LogP contribution in [0.2, 0.25) is 10.0 Å². The second-order valence-electron chi connectivity index (χ2n) is 5.05. The predicted molar refractivity (Wildman–Crippen MR) is 90.6 cm³/mol. The molecule has 122 valence electrons. The lowest BCUT2D eigenvalue weighted by molar-refractivity contribution is 0.0949. The first-order chi connectivity index (χ1) is 10.9. The van der Waals surface area contributed by atoms with Crippen LogP contribution in [0.25, 0.3) is 0 Å². The topological polar surface area (TPSA) is 75.3 Å². The molecule has 0 radical (unpaired) electrons. The highest BCUT2D eigenvalue weighted by Crippen LogP contribution is 2.30. The monoisotopic (exact) mass is 390 g/mol. The van der Waals surface area contributed by atoms with Gasteiger partial charge in [-0.05, 0) is 49.1 Å². The molecule has 23 heavy (non-hydrogen) atoms. The third-order valence-electron chi connectivity index (χ3n) is 3.47. The molecule has 0 saturated carbocycles. The summed E-state index contributed by atoms with van der Waals surface area (Å²) in [7, 11) is -3.92. The number of carbonyl (C=O) groups is 1. The number of hydrazine groups is 1. The lowest BCUT2D eigenvalue weighted by atomic mass is 10.2. The molecule has 5 nitrogen and oxygen atoms in total. The van der Waals surface area contributed by atoms with Crippen molar-refractivity contribution in [3.8, 4) is 0 Å². The highest BCUT2D eigenvalue weighted by molar-refractivity contribution is 7.89. The molecule has 0 spiro atoms. The minimum Gasteiger partial charge on any atom is -0.273 e. The molecule has 9 heteroatoms. The quantitative estimate of drug-likeness (QED) is 0.787. The maximum absolute atomic E-state index is 12.1. The number of sulfonamides is 1. The number of nitrogens with one attached hydrogen (secondary N) is 2. The van der Waals surface area contributed by atoms with Crippen molar-refractivity contribution in [2.45, 2.75) is 24.2 Å². The van der Waals surface area contributed by atoms with E-state index in [9.17, 15) is 13.2 Å². The van der Waals surface area contributed by atoms with Gasteiger partial charge in [-0.2, -0.15) is 0 Å². The SMILES string of the molecule is O=C(NNS(=O)(=O)c1ccc(Cl)c(Cl)c1)c1cc2c(s1)CCC2. The van der Waals surface area contributed by atoms with Crippen LogP contribution in [0.15, 0.2) is 29.2 Å². The van der Waals surface area contributed by atoms with E-state index in [0.717, 1.165) is 19.3 Å². The Morgan fingerprint density at radius 1 is 1.13 bits per heavy atom. The van der Waals surface area contributed by atoms with Gasteiger partial charge in [0.1, 0.15) is 0 Å². The van der Waals surface area contributed by atoms with Crippen LogP contribution in [-0.4, -0.2) is 14.3 Å². The number of carbonyl (C=O) groups excluding carboxylic acids is 1. The Kier molecular flexibility index (Phi) is 4.66.